The molecule has 2 rings (SSSR count). The predicted octanol–water partition coefficient (Wildman–Crippen LogP) is 3.11. The fourth-order valence-electron chi connectivity index (χ4n) is 1.67. The van der Waals surface area contributed by atoms with E-state index in [2.05, 4.69) is 33.3 Å². The minimum absolute atomic E-state index is 0.742. The molecule has 0 spiro atoms. The molecule has 1 heterocycles. The molecule has 4 nitrogen and oxygen atoms in total. The number of hydrogen-bond acceptors (Lipinski definition) is 3. The van der Waals surface area contributed by atoms with Gasteiger partial charge in [-0.05, 0) is 35.0 Å². The summed E-state index contributed by atoms with van der Waals surface area (Å²) < 4.78 is 8.10. The highest BCUT2D eigenvalue weighted by atomic mass is 79.9. The van der Waals surface area contributed by atoms with Crippen molar-refractivity contribution in [2.75, 3.05) is 12.4 Å². The number of aryl methyl sites for hydroxylation is 1. The van der Waals surface area contributed by atoms with E-state index in [1.165, 1.54) is 11.3 Å². The molecule has 0 bridgehead atoms. The lowest BCUT2D eigenvalue weighted by molar-refractivity contribution is 0.415. The van der Waals surface area contributed by atoms with Crippen LogP contribution in [0.25, 0.3) is 0 Å². The second kappa shape index (κ2) is 5.44. The molecule has 0 fully saturated rings. The molecule has 18 heavy (non-hydrogen) atoms. The highest BCUT2D eigenvalue weighted by Crippen LogP contribution is 2.27. The normalized spacial score (nSPS) is 10.4. The first-order valence-electron chi connectivity index (χ1n) is 5.66. The monoisotopic (exact) mass is 309 g/mol. The number of anilines is 1. The van der Waals surface area contributed by atoms with E-state index >= 15 is 0 Å². The van der Waals surface area contributed by atoms with E-state index in [0.717, 1.165) is 22.5 Å². The molecule has 0 aliphatic heterocycles. The summed E-state index contributed by atoms with van der Waals surface area (Å²) >= 11 is 3.52. The third kappa shape index (κ3) is 2.67. The Kier molecular flexibility index (Phi) is 3.91. The molecule has 1 N–H and O–H groups in total. The molecule has 5 heteroatoms. The topological polar surface area (TPSA) is 39.1 Å². The number of benzene rings is 1. The van der Waals surface area contributed by atoms with Gasteiger partial charge in [-0.15, -0.1) is 0 Å². The Morgan fingerprint density at radius 2 is 2.22 bits per heavy atom. The van der Waals surface area contributed by atoms with Crippen molar-refractivity contribution in [3.8, 4) is 5.75 Å². The first-order chi connectivity index (χ1) is 8.61. The molecule has 0 unspecified atom stereocenters. The zero-order valence-electron chi connectivity index (χ0n) is 10.7. The Morgan fingerprint density at radius 1 is 1.44 bits per heavy atom. The Hall–Kier alpha value is -1.49. The first kappa shape index (κ1) is 13.0. The highest BCUT2D eigenvalue weighted by molar-refractivity contribution is 9.10. The molecule has 96 valence electrons. The number of halogens is 1. The Morgan fingerprint density at radius 3 is 2.83 bits per heavy atom. The van der Waals surface area contributed by atoms with Crippen LogP contribution in [0.5, 0.6) is 5.75 Å². The van der Waals surface area contributed by atoms with E-state index in [-0.39, 0.29) is 0 Å². The molecule has 1 aromatic heterocycles. The number of hydrogen-bond donors (Lipinski definition) is 1. The van der Waals surface area contributed by atoms with Gasteiger partial charge in [-0.3, -0.25) is 4.68 Å². The van der Waals surface area contributed by atoms with Crippen molar-refractivity contribution in [1.29, 1.82) is 0 Å². The zero-order valence-corrected chi connectivity index (χ0v) is 12.3. The van der Waals surface area contributed by atoms with Crippen LogP contribution in [0.2, 0.25) is 0 Å². The Balaban J connectivity index is 2.12. The second-order valence-corrected chi connectivity index (χ2v) is 4.93. The summed E-state index contributed by atoms with van der Waals surface area (Å²) in [5.74, 6) is 0.837. The largest absolute Gasteiger partial charge is 0.497 e. The maximum atomic E-state index is 5.21. The predicted molar refractivity (Wildman–Crippen MR) is 76.0 cm³/mol. The molecule has 0 saturated carbocycles. The average Bonchev–Trinajstić information content (AvgIpc) is 2.69. The first-order valence-corrected chi connectivity index (χ1v) is 6.46. The van der Waals surface area contributed by atoms with Crippen LogP contribution in [0.1, 0.15) is 11.3 Å². The number of rotatable bonds is 4. The number of nitrogens with zero attached hydrogens (tertiary/aromatic N) is 2. The smallest absolute Gasteiger partial charge is 0.121 e. The molecular formula is C13H16BrN3O. The fraction of sp³-hybridized carbons (Fsp3) is 0.308. The van der Waals surface area contributed by atoms with E-state index in [1.54, 1.807) is 7.11 Å². The van der Waals surface area contributed by atoms with Gasteiger partial charge in [0.2, 0.25) is 0 Å². The third-order valence-corrected chi connectivity index (χ3v) is 3.67. The molecule has 0 amide bonds. The number of aromatic nitrogens is 2. The highest BCUT2D eigenvalue weighted by Gasteiger charge is 2.05. The van der Waals surface area contributed by atoms with Gasteiger partial charge in [0.05, 0.1) is 19.0 Å². The Labute approximate surface area is 115 Å². The van der Waals surface area contributed by atoms with Crippen LogP contribution in [-0.4, -0.2) is 16.9 Å². The van der Waals surface area contributed by atoms with Gasteiger partial charge in [0, 0.05) is 35.4 Å². The van der Waals surface area contributed by atoms with Crippen LogP contribution in [0, 0.1) is 6.92 Å². The van der Waals surface area contributed by atoms with E-state index in [1.807, 2.05) is 36.1 Å². The van der Waals surface area contributed by atoms with Crippen molar-refractivity contribution in [3.63, 3.8) is 0 Å². The molecule has 0 aliphatic rings. The van der Waals surface area contributed by atoms with Crippen molar-refractivity contribution >= 4 is 21.6 Å². The summed E-state index contributed by atoms with van der Waals surface area (Å²) in [6, 6.07) is 5.86. The summed E-state index contributed by atoms with van der Waals surface area (Å²) in [7, 11) is 3.61. The van der Waals surface area contributed by atoms with Gasteiger partial charge in [0.15, 0.2) is 0 Å². The number of methoxy groups -OCH3 is 1. The number of ether oxygens (including phenoxy) is 1. The van der Waals surface area contributed by atoms with Crippen molar-refractivity contribution < 1.29 is 4.74 Å². The van der Waals surface area contributed by atoms with E-state index in [0.29, 0.717) is 0 Å². The van der Waals surface area contributed by atoms with Crippen LogP contribution in [0.15, 0.2) is 28.9 Å². The molecule has 0 aliphatic carbocycles. The van der Waals surface area contributed by atoms with Gasteiger partial charge >= 0.3 is 0 Å². The van der Waals surface area contributed by atoms with Gasteiger partial charge < -0.3 is 10.1 Å². The van der Waals surface area contributed by atoms with E-state index in [9.17, 15) is 0 Å². The van der Waals surface area contributed by atoms with Crippen molar-refractivity contribution in [1.82, 2.24) is 9.78 Å². The van der Waals surface area contributed by atoms with Crippen LogP contribution in [0.4, 0.5) is 5.69 Å². The standard InChI is InChI=1S/C13H16BrN3O/c1-9-10(8-16-17(9)2)7-15-13-6-11(18-3)4-5-12(13)14/h4-6,8,15H,7H2,1-3H3. The molecule has 0 atom stereocenters. The van der Waals surface area contributed by atoms with Crippen LogP contribution in [0.3, 0.4) is 0 Å². The molecule has 1 aromatic carbocycles. The minimum Gasteiger partial charge on any atom is -0.497 e. The zero-order chi connectivity index (χ0) is 13.1. The SMILES string of the molecule is COc1ccc(Br)c(NCc2cnn(C)c2C)c1. The molecule has 2 aromatic rings. The quantitative estimate of drug-likeness (QED) is 0.943. The lowest BCUT2D eigenvalue weighted by atomic mass is 10.2. The van der Waals surface area contributed by atoms with Crippen LogP contribution >= 0.6 is 15.9 Å². The molecular weight excluding hydrogens is 294 g/mol. The van der Waals surface area contributed by atoms with Crippen molar-refractivity contribution in [2.45, 2.75) is 13.5 Å². The maximum absolute atomic E-state index is 5.21. The fourth-order valence-corrected chi connectivity index (χ4v) is 2.06. The van der Waals surface area contributed by atoms with E-state index in [4.69, 9.17) is 4.74 Å². The summed E-state index contributed by atoms with van der Waals surface area (Å²) in [5.41, 5.74) is 3.37. The third-order valence-electron chi connectivity index (χ3n) is 2.98. The lowest BCUT2D eigenvalue weighted by Gasteiger charge is -2.10. The molecule has 0 saturated heterocycles. The van der Waals surface area contributed by atoms with Gasteiger partial charge in [0.25, 0.3) is 0 Å². The minimum atomic E-state index is 0.742. The summed E-state index contributed by atoms with van der Waals surface area (Å²) in [6.07, 6.45) is 1.89. The number of nitrogens with one attached hydrogen (secondary N) is 1. The van der Waals surface area contributed by atoms with Crippen LogP contribution < -0.4 is 10.1 Å². The van der Waals surface area contributed by atoms with E-state index < -0.39 is 0 Å². The van der Waals surface area contributed by atoms with Gasteiger partial charge in [0.1, 0.15) is 5.75 Å². The van der Waals surface area contributed by atoms with Crippen molar-refractivity contribution in [3.05, 3.63) is 40.1 Å². The van der Waals surface area contributed by atoms with Crippen molar-refractivity contribution in [2.24, 2.45) is 7.05 Å². The maximum Gasteiger partial charge on any atom is 0.121 e. The summed E-state index contributed by atoms with van der Waals surface area (Å²) in [5, 5.41) is 7.60. The van der Waals surface area contributed by atoms with Gasteiger partial charge in [-0.25, -0.2) is 0 Å². The Bertz CT molecular complexity index is 551. The summed E-state index contributed by atoms with van der Waals surface area (Å²) in [6.45, 7) is 2.80. The lowest BCUT2D eigenvalue weighted by Crippen LogP contribution is -2.02. The van der Waals surface area contributed by atoms with Crippen LogP contribution in [-0.2, 0) is 13.6 Å². The van der Waals surface area contributed by atoms with Gasteiger partial charge in [-0.2, -0.15) is 5.10 Å². The molecule has 0 radical (unpaired) electrons. The second-order valence-electron chi connectivity index (χ2n) is 4.08. The summed E-state index contributed by atoms with van der Waals surface area (Å²) in [4.78, 5) is 0. The van der Waals surface area contributed by atoms with Gasteiger partial charge in [-0.1, -0.05) is 0 Å². The average molecular weight is 310 g/mol.